The second kappa shape index (κ2) is 6.26. The first-order valence-electron chi connectivity index (χ1n) is 6.96. The van der Waals surface area contributed by atoms with Crippen LogP contribution in [0.2, 0.25) is 0 Å². The summed E-state index contributed by atoms with van der Waals surface area (Å²) in [5, 5.41) is 0. The molecule has 0 radical (unpaired) electrons. The van der Waals surface area contributed by atoms with Gasteiger partial charge in [-0.2, -0.15) is 0 Å². The topological polar surface area (TPSA) is 86.3 Å². The van der Waals surface area contributed by atoms with Gasteiger partial charge < -0.3 is 15.0 Å². The Bertz CT molecular complexity index is 545. The van der Waals surface area contributed by atoms with Crippen molar-refractivity contribution in [3.8, 4) is 0 Å². The molecular weight excluding hydrogens is 278 g/mol. The van der Waals surface area contributed by atoms with Crippen molar-refractivity contribution in [2.75, 3.05) is 13.2 Å². The zero-order chi connectivity index (χ0) is 14.8. The highest BCUT2D eigenvalue weighted by Crippen LogP contribution is 2.19. The number of hydrogen-bond donors (Lipinski definition) is 2. The Morgan fingerprint density at radius 3 is 2.80 bits per heavy atom. The Morgan fingerprint density at radius 1 is 1.55 bits per heavy atom. The van der Waals surface area contributed by atoms with Crippen LogP contribution in [0.15, 0.2) is 17.2 Å². The minimum Gasteiger partial charge on any atom is -0.377 e. The number of hydrogen-bond acceptors (Lipinski definition) is 4. The molecule has 1 fully saturated rings. The minimum atomic E-state index is -3.50. The van der Waals surface area contributed by atoms with Crippen molar-refractivity contribution < 1.29 is 13.2 Å². The molecular formula is C13H23N3O3S. The lowest BCUT2D eigenvalue weighted by Crippen LogP contribution is -2.31. The van der Waals surface area contributed by atoms with Crippen LogP contribution in [0.4, 0.5) is 0 Å². The lowest BCUT2D eigenvalue weighted by atomic mass is 10.2. The van der Waals surface area contributed by atoms with E-state index in [9.17, 15) is 8.42 Å². The molecule has 0 amide bonds. The summed E-state index contributed by atoms with van der Waals surface area (Å²) in [5.41, 5.74) is 6.48. The summed E-state index contributed by atoms with van der Waals surface area (Å²) < 4.78 is 34.5. The van der Waals surface area contributed by atoms with Crippen LogP contribution in [-0.4, -0.2) is 32.2 Å². The molecule has 7 heteroatoms. The van der Waals surface area contributed by atoms with Gasteiger partial charge in [0.25, 0.3) is 0 Å². The maximum atomic E-state index is 12.3. The summed E-state index contributed by atoms with van der Waals surface area (Å²) in [6, 6.07) is 1.81. The fourth-order valence-electron chi connectivity index (χ4n) is 2.38. The molecule has 0 spiro atoms. The predicted molar refractivity (Wildman–Crippen MR) is 76.9 cm³/mol. The SMILES string of the molecule is CC(C)n1cc(S(=O)(=O)NCC2CCCO2)cc1CN. The molecule has 2 rings (SSSR count). The van der Waals surface area contributed by atoms with Gasteiger partial charge in [-0.15, -0.1) is 0 Å². The third kappa shape index (κ3) is 3.41. The standard InChI is InChI=1S/C13H23N3O3S/c1-10(2)16-9-13(6-11(16)7-14)20(17,18)15-8-12-4-3-5-19-12/h6,9-10,12,15H,3-5,7-8,14H2,1-2H3. The molecule has 1 aromatic rings. The second-order valence-electron chi connectivity index (χ2n) is 5.36. The van der Waals surface area contributed by atoms with Crippen LogP contribution in [0, 0.1) is 0 Å². The molecule has 2 heterocycles. The highest BCUT2D eigenvalue weighted by Gasteiger charge is 2.22. The third-order valence-electron chi connectivity index (χ3n) is 3.51. The van der Waals surface area contributed by atoms with Crippen LogP contribution in [0.1, 0.15) is 38.4 Å². The van der Waals surface area contributed by atoms with Crippen LogP contribution in [0.25, 0.3) is 0 Å². The highest BCUT2D eigenvalue weighted by molar-refractivity contribution is 7.89. The predicted octanol–water partition coefficient (Wildman–Crippen LogP) is 0.985. The number of nitrogens with two attached hydrogens (primary N) is 1. The van der Waals surface area contributed by atoms with Crippen LogP contribution in [0.5, 0.6) is 0 Å². The van der Waals surface area contributed by atoms with Gasteiger partial charge >= 0.3 is 0 Å². The van der Waals surface area contributed by atoms with E-state index in [1.54, 1.807) is 12.3 Å². The summed E-state index contributed by atoms with van der Waals surface area (Å²) in [4.78, 5) is 0.268. The molecule has 1 aromatic heterocycles. The van der Waals surface area contributed by atoms with Gasteiger partial charge in [0.1, 0.15) is 0 Å². The first kappa shape index (κ1) is 15.5. The lowest BCUT2D eigenvalue weighted by molar-refractivity contribution is 0.114. The Morgan fingerprint density at radius 2 is 2.30 bits per heavy atom. The van der Waals surface area contributed by atoms with E-state index in [1.165, 1.54) is 0 Å². The largest absolute Gasteiger partial charge is 0.377 e. The van der Waals surface area contributed by atoms with E-state index in [2.05, 4.69) is 4.72 Å². The molecule has 0 bridgehead atoms. The van der Waals surface area contributed by atoms with Crippen LogP contribution in [0.3, 0.4) is 0 Å². The fraction of sp³-hybridized carbons (Fsp3) is 0.692. The molecule has 1 saturated heterocycles. The van der Waals surface area contributed by atoms with Crippen molar-refractivity contribution in [3.63, 3.8) is 0 Å². The molecule has 0 aromatic carbocycles. The van der Waals surface area contributed by atoms with Crippen LogP contribution >= 0.6 is 0 Å². The average Bonchev–Trinajstić information content (AvgIpc) is 3.05. The van der Waals surface area contributed by atoms with Gasteiger partial charge in [-0.3, -0.25) is 0 Å². The second-order valence-corrected chi connectivity index (χ2v) is 7.13. The molecule has 1 unspecified atom stereocenters. The van der Waals surface area contributed by atoms with Crippen molar-refractivity contribution in [1.82, 2.24) is 9.29 Å². The van der Waals surface area contributed by atoms with Crippen molar-refractivity contribution >= 4 is 10.0 Å². The Kier molecular flexibility index (Phi) is 4.85. The van der Waals surface area contributed by atoms with Gasteiger partial charge in [-0.05, 0) is 32.8 Å². The van der Waals surface area contributed by atoms with E-state index in [4.69, 9.17) is 10.5 Å². The molecule has 1 atom stereocenters. The van der Waals surface area contributed by atoms with E-state index in [1.807, 2.05) is 18.4 Å². The third-order valence-corrected chi connectivity index (χ3v) is 4.90. The van der Waals surface area contributed by atoms with Crippen LogP contribution in [-0.2, 0) is 21.3 Å². The molecule has 20 heavy (non-hydrogen) atoms. The number of aromatic nitrogens is 1. The summed E-state index contributed by atoms with van der Waals surface area (Å²) in [7, 11) is -3.50. The number of nitrogens with one attached hydrogen (secondary N) is 1. The smallest absolute Gasteiger partial charge is 0.242 e. The first-order valence-corrected chi connectivity index (χ1v) is 8.44. The van der Waals surface area contributed by atoms with E-state index < -0.39 is 10.0 Å². The first-order chi connectivity index (χ1) is 9.44. The Labute approximate surface area is 120 Å². The minimum absolute atomic E-state index is 0.00839. The number of nitrogens with zero attached hydrogens (tertiary/aromatic N) is 1. The molecule has 0 saturated carbocycles. The zero-order valence-corrected chi connectivity index (χ0v) is 12.8. The van der Waals surface area contributed by atoms with Gasteiger partial charge in [0.15, 0.2) is 0 Å². The highest BCUT2D eigenvalue weighted by atomic mass is 32.2. The normalized spacial score (nSPS) is 19.9. The monoisotopic (exact) mass is 301 g/mol. The molecule has 114 valence electrons. The quantitative estimate of drug-likeness (QED) is 0.820. The molecule has 6 nitrogen and oxygen atoms in total. The lowest BCUT2D eigenvalue weighted by Gasteiger charge is -2.11. The fourth-order valence-corrected chi connectivity index (χ4v) is 3.49. The molecule has 1 aliphatic rings. The number of sulfonamides is 1. The summed E-state index contributed by atoms with van der Waals surface area (Å²) >= 11 is 0. The van der Waals surface area contributed by atoms with Gasteiger partial charge in [0, 0.05) is 37.6 Å². The Hall–Kier alpha value is -0.890. The molecule has 1 aliphatic heterocycles. The Balaban J connectivity index is 2.12. The number of rotatable bonds is 6. The van der Waals surface area contributed by atoms with Crippen molar-refractivity contribution in [1.29, 1.82) is 0 Å². The van der Waals surface area contributed by atoms with Gasteiger partial charge in [-0.25, -0.2) is 13.1 Å². The molecule has 3 N–H and O–H groups in total. The van der Waals surface area contributed by atoms with Gasteiger partial charge in [0.2, 0.25) is 10.0 Å². The zero-order valence-electron chi connectivity index (χ0n) is 12.0. The van der Waals surface area contributed by atoms with E-state index >= 15 is 0 Å². The van der Waals surface area contributed by atoms with E-state index in [0.29, 0.717) is 19.7 Å². The van der Waals surface area contributed by atoms with Crippen molar-refractivity contribution in [3.05, 3.63) is 18.0 Å². The van der Waals surface area contributed by atoms with Gasteiger partial charge in [-0.1, -0.05) is 0 Å². The maximum absolute atomic E-state index is 12.3. The van der Waals surface area contributed by atoms with Crippen molar-refractivity contribution in [2.45, 2.75) is 50.3 Å². The van der Waals surface area contributed by atoms with E-state index in [-0.39, 0.29) is 17.0 Å². The molecule has 0 aliphatic carbocycles. The van der Waals surface area contributed by atoms with Gasteiger partial charge in [0.05, 0.1) is 11.0 Å². The van der Waals surface area contributed by atoms with Crippen LogP contribution < -0.4 is 10.5 Å². The number of ether oxygens (including phenoxy) is 1. The summed E-state index contributed by atoms with van der Waals surface area (Å²) in [6.45, 7) is 5.35. The van der Waals surface area contributed by atoms with Crippen molar-refractivity contribution in [2.24, 2.45) is 5.73 Å². The van der Waals surface area contributed by atoms with E-state index in [0.717, 1.165) is 18.5 Å². The average molecular weight is 301 g/mol. The maximum Gasteiger partial charge on any atom is 0.242 e. The summed E-state index contributed by atoms with van der Waals surface area (Å²) in [5.74, 6) is 0. The summed E-state index contributed by atoms with van der Waals surface area (Å²) in [6.07, 6.45) is 3.53.